The van der Waals surface area contributed by atoms with Gasteiger partial charge in [0.15, 0.2) is 6.61 Å². The predicted octanol–water partition coefficient (Wildman–Crippen LogP) is 3.96. The van der Waals surface area contributed by atoms with E-state index in [0.717, 1.165) is 11.1 Å². The molecule has 2 rings (SSSR count). The van der Waals surface area contributed by atoms with E-state index in [4.69, 9.17) is 9.47 Å². The second-order valence-electron chi connectivity index (χ2n) is 7.99. The van der Waals surface area contributed by atoms with Gasteiger partial charge >= 0.3 is 0 Å². The molecule has 0 radical (unpaired) electrons. The Morgan fingerprint density at radius 2 is 1.84 bits per heavy atom. The lowest BCUT2D eigenvalue weighted by molar-refractivity contribution is -0.143. The van der Waals surface area contributed by atoms with Crippen molar-refractivity contribution in [2.75, 3.05) is 20.3 Å². The summed E-state index contributed by atoms with van der Waals surface area (Å²) in [5.74, 6) is 1.31. The number of carbonyl (C=O) groups excluding carboxylic acids is 2. The highest BCUT2D eigenvalue weighted by Crippen LogP contribution is 2.19. The molecule has 0 fully saturated rings. The van der Waals surface area contributed by atoms with Crippen LogP contribution in [0.15, 0.2) is 48.5 Å². The lowest BCUT2D eigenvalue weighted by atomic mass is 10.1. The molecule has 6 heteroatoms. The highest BCUT2D eigenvalue weighted by Gasteiger charge is 2.29. The molecule has 0 aromatic heterocycles. The number of para-hydroxylation sites is 1. The molecule has 0 saturated carbocycles. The first-order chi connectivity index (χ1) is 14.8. The fraction of sp³-hybridized carbons (Fsp3) is 0.440. The molecule has 0 spiro atoms. The Bertz CT molecular complexity index is 866. The molecule has 0 aliphatic heterocycles. The average Bonchev–Trinajstić information content (AvgIpc) is 2.76. The van der Waals surface area contributed by atoms with Crippen LogP contribution in [0.2, 0.25) is 0 Å². The monoisotopic (exact) mass is 426 g/mol. The van der Waals surface area contributed by atoms with Gasteiger partial charge in [0.05, 0.1) is 7.11 Å². The Balaban J connectivity index is 2.23. The normalized spacial score (nSPS) is 11.7. The Labute approximate surface area is 185 Å². The van der Waals surface area contributed by atoms with Crippen LogP contribution in [0.4, 0.5) is 0 Å². The van der Waals surface area contributed by atoms with E-state index in [-0.39, 0.29) is 18.4 Å². The van der Waals surface area contributed by atoms with Gasteiger partial charge < -0.3 is 19.7 Å². The van der Waals surface area contributed by atoms with Crippen molar-refractivity contribution in [3.8, 4) is 11.5 Å². The maximum atomic E-state index is 13.2. The molecule has 2 amide bonds. The number of hydrogen-bond acceptors (Lipinski definition) is 4. The van der Waals surface area contributed by atoms with Crippen molar-refractivity contribution in [3.05, 3.63) is 59.7 Å². The van der Waals surface area contributed by atoms with Crippen molar-refractivity contribution in [2.45, 2.75) is 46.7 Å². The maximum absolute atomic E-state index is 13.2. The minimum absolute atomic E-state index is 0.136. The van der Waals surface area contributed by atoms with Crippen molar-refractivity contribution in [1.82, 2.24) is 10.2 Å². The minimum atomic E-state index is -0.585. The molecule has 168 valence electrons. The van der Waals surface area contributed by atoms with E-state index in [1.165, 1.54) is 0 Å². The molecule has 0 bridgehead atoms. The first kappa shape index (κ1) is 24.3. The largest absolute Gasteiger partial charge is 0.497 e. The lowest BCUT2D eigenvalue weighted by Crippen LogP contribution is -2.50. The molecular weight excluding hydrogens is 392 g/mol. The first-order valence-corrected chi connectivity index (χ1v) is 10.7. The standard InChI is InChI=1S/C25H34N2O4/c1-6-22(25(29)26-15-18(2)3)27(16-20-11-9-12-21(14-20)30-5)24(28)17-31-23-13-8-7-10-19(23)4/h7-14,18,22H,6,15-17H2,1-5H3,(H,26,29)/t22-/m1/s1. The maximum Gasteiger partial charge on any atom is 0.261 e. The van der Waals surface area contributed by atoms with E-state index in [9.17, 15) is 9.59 Å². The predicted molar refractivity (Wildman–Crippen MR) is 122 cm³/mol. The summed E-state index contributed by atoms with van der Waals surface area (Å²) >= 11 is 0. The van der Waals surface area contributed by atoms with Crippen LogP contribution < -0.4 is 14.8 Å². The summed E-state index contributed by atoms with van der Waals surface area (Å²) in [5.41, 5.74) is 1.84. The van der Waals surface area contributed by atoms with Crippen LogP contribution in [0.25, 0.3) is 0 Å². The van der Waals surface area contributed by atoms with E-state index in [1.54, 1.807) is 12.0 Å². The third-order valence-corrected chi connectivity index (χ3v) is 5.00. The van der Waals surface area contributed by atoms with Crippen LogP contribution in [0.3, 0.4) is 0 Å². The number of nitrogens with zero attached hydrogens (tertiary/aromatic N) is 1. The zero-order valence-electron chi connectivity index (χ0n) is 19.2. The first-order valence-electron chi connectivity index (χ1n) is 10.7. The molecule has 0 saturated heterocycles. The van der Waals surface area contributed by atoms with Crippen LogP contribution in [0, 0.1) is 12.8 Å². The third kappa shape index (κ3) is 7.31. The summed E-state index contributed by atoms with van der Waals surface area (Å²) < 4.78 is 11.1. The number of nitrogens with one attached hydrogen (secondary N) is 1. The second-order valence-corrected chi connectivity index (χ2v) is 7.99. The van der Waals surface area contributed by atoms with Gasteiger partial charge in [0.2, 0.25) is 5.91 Å². The van der Waals surface area contributed by atoms with Gasteiger partial charge in [0, 0.05) is 13.1 Å². The van der Waals surface area contributed by atoms with E-state index in [0.29, 0.717) is 36.9 Å². The number of ether oxygens (including phenoxy) is 2. The highest BCUT2D eigenvalue weighted by molar-refractivity contribution is 5.88. The summed E-state index contributed by atoms with van der Waals surface area (Å²) in [6, 6.07) is 14.5. The summed E-state index contributed by atoms with van der Waals surface area (Å²) in [6.45, 7) is 8.64. The number of aryl methyl sites for hydroxylation is 1. The SMILES string of the molecule is CC[C@H](C(=O)NCC(C)C)N(Cc1cccc(OC)c1)C(=O)COc1ccccc1C. The van der Waals surface area contributed by atoms with Crippen molar-refractivity contribution in [1.29, 1.82) is 0 Å². The van der Waals surface area contributed by atoms with E-state index in [1.807, 2.05) is 76.2 Å². The van der Waals surface area contributed by atoms with E-state index < -0.39 is 6.04 Å². The number of amides is 2. The van der Waals surface area contributed by atoms with Crippen molar-refractivity contribution in [3.63, 3.8) is 0 Å². The fourth-order valence-electron chi connectivity index (χ4n) is 3.25. The van der Waals surface area contributed by atoms with Crippen LogP contribution >= 0.6 is 0 Å². The third-order valence-electron chi connectivity index (χ3n) is 5.00. The van der Waals surface area contributed by atoms with Gasteiger partial charge in [-0.25, -0.2) is 0 Å². The Morgan fingerprint density at radius 1 is 1.10 bits per heavy atom. The van der Waals surface area contributed by atoms with Gasteiger partial charge in [-0.1, -0.05) is 51.1 Å². The van der Waals surface area contributed by atoms with Gasteiger partial charge in [-0.2, -0.15) is 0 Å². The number of hydrogen-bond donors (Lipinski definition) is 1. The van der Waals surface area contributed by atoms with E-state index >= 15 is 0 Å². The molecule has 0 aliphatic rings. The molecular formula is C25H34N2O4. The molecule has 1 atom stereocenters. The van der Waals surface area contributed by atoms with Gasteiger partial charge in [-0.15, -0.1) is 0 Å². The van der Waals surface area contributed by atoms with Crippen molar-refractivity contribution >= 4 is 11.8 Å². The van der Waals surface area contributed by atoms with Crippen molar-refractivity contribution < 1.29 is 19.1 Å². The van der Waals surface area contributed by atoms with E-state index in [2.05, 4.69) is 5.32 Å². The van der Waals surface area contributed by atoms with Crippen LogP contribution in [0.5, 0.6) is 11.5 Å². The smallest absolute Gasteiger partial charge is 0.261 e. The molecule has 0 aliphatic carbocycles. The zero-order valence-corrected chi connectivity index (χ0v) is 19.2. The minimum Gasteiger partial charge on any atom is -0.497 e. The van der Waals surface area contributed by atoms with Gasteiger partial charge in [0.1, 0.15) is 17.5 Å². The molecule has 2 aromatic carbocycles. The van der Waals surface area contributed by atoms with Crippen LogP contribution in [-0.4, -0.2) is 43.0 Å². The Morgan fingerprint density at radius 3 is 2.48 bits per heavy atom. The van der Waals surface area contributed by atoms with Crippen molar-refractivity contribution in [2.24, 2.45) is 5.92 Å². The van der Waals surface area contributed by atoms with Crippen LogP contribution in [-0.2, 0) is 16.1 Å². The molecule has 2 aromatic rings. The van der Waals surface area contributed by atoms with Gasteiger partial charge in [-0.05, 0) is 48.6 Å². The van der Waals surface area contributed by atoms with Crippen LogP contribution in [0.1, 0.15) is 38.3 Å². The van der Waals surface area contributed by atoms with Gasteiger partial charge in [-0.3, -0.25) is 9.59 Å². The summed E-state index contributed by atoms with van der Waals surface area (Å²) in [7, 11) is 1.60. The fourth-order valence-corrected chi connectivity index (χ4v) is 3.25. The molecule has 6 nitrogen and oxygen atoms in total. The molecule has 0 unspecified atom stereocenters. The second kappa shape index (κ2) is 12.0. The quantitative estimate of drug-likeness (QED) is 0.591. The lowest BCUT2D eigenvalue weighted by Gasteiger charge is -2.31. The number of rotatable bonds is 11. The number of carbonyl (C=O) groups is 2. The summed E-state index contributed by atoms with van der Waals surface area (Å²) in [5, 5.41) is 2.96. The Kier molecular flexibility index (Phi) is 9.38. The number of benzene rings is 2. The molecule has 31 heavy (non-hydrogen) atoms. The summed E-state index contributed by atoms with van der Waals surface area (Å²) in [4.78, 5) is 27.7. The molecule has 0 heterocycles. The van der Waals surface area contributed by atoms with Gasteiger partial charge in [0.25, 0.3) is 5.91 Å². The molecule has 1 N–H and O–H groups in total. The number of methoxy groups -OCH3 is 1. The zero-order chi connectivity index (χ0) is 22.8. The topological polar surface area (TPSA) is 67.9 Å². The average molecular weight is 427 g/mol. The Hall–Kier alpha value is -3.02. The highest BCUT2D eigenvalue weighted by atomic mass is 16.5. The summed E-state index contributed by atoms with van der Waals surface area (Å²) in [6.07, 6.45) is 0.504.